The zero-order valence-corrected chi connectivity index (χ0v) is 36.8. The van der Waals surface area contributed by atoms with Crippen LogP contribution in [0.5, 0.6) is 0 Å². The number of rotatable bonds is 11. The number of imide groups is 1. The number of carbonyl (C=O) groups excluding carboxylic acids is 4. The van der Waals surface area contributed by atoms with Gasteiger partial charge < -0.3 is 32.5 Å². The number of benzene rings is 3. The number of esters is 1. The summed E-state index contributed by atoms with van der Waals surface area (Å²) >= 11 is 1.09. The summed E-state index contributed by atoms with van der Waals surface area (Å²) in [5.74, 6) is -1.41. The van der Waals surface area contributed by atoms with Gasteiger partial charge in [0.15, 0.2) is 14.4 Å². The van der Waals surface area contributed by atoms with E-state index in [0.717, 1.165) is 27.0 Å². The number of methoxy groups -OCH3 is 1. The number of ether oxygens (including phenoxy) is 5. The van der Waals surface area contributed by atoms with E-state index in [1.807, 2.05) is 91.0 Å². The van der Waals surface area contributed by atoms with Crippen LogP contribution in [0.3, 0.4) is 0 Å². The van der Waals surface area contributed by atoms with E-state index < -0.39 is 87.8 Å². The molecule has 2 amide bonds. The number of thioether (sulfide) groups is 1. The van der Waals surface area contributed by atoms with Crippen molar-refractivity contribution in [2.45, 2.75) is 111 Å². The normalized spacial score (nSPS) is 25.5. The van der Waals surface area contributed by atoms with Crippen molar-refractivity contribution in [2.75, 3.05) is 20.3 Å². The summed E-state index contributed by atoms with van der Waals surface area (Å²) < 4.78 is 43.3. The first-order valence-corrected chi connectivity index (χ1v) is 24.8. The molecule has 6 rings (SSSR count). The topological polar surface area (TPSA) is 136 Å². The van der Waals surface area contributed by atoms with E-state index in [-0.39, 0.29) is 18.1 Å². The summed E-state index contributed by atoms with van der Waals surface area (Å²) in [4.78, 5) is 55.6. The zero-order valence-electron chi connectivity index (χ0n) is 34.0. The van der Waals surface area contributed by atoms with Gasteiger partial charge in [0, 0.05) is 11.3 Å². The maximum Gasteiger partial charge on any atom is 0.508 e. The summed E-state index contributed by atoms with van der Waals surface area (Å²) in [7, 11) is -4.54. The van der Waals surface area contributed by atoms with Gasteiger partial charge in [-0.2, -0.15) is 0 Å². The smallest absolute Gasteiger partial charge is 0.466 e. The Bertz CT molecular complexity index is 1880. The molecule has 3 aromatic carbocycles. The van der Waals surface area contributed by atoms with Crippen LogP contribution in [0.2, 0.25) is 23.2 Å². The van der Waals surface area contributed by atoms with Crippen LogP contribution in [-0.4, -0.2) is 101 Å². The lowest BCUT2D eigenvalue weighted by atomic mass is 9.89. The van der Waals surface area contributed by atoms with Gasteiger partial charge in [-0.1, -0.05) is 132 Å². The Balaban J connectivity index is 1.43. The average Bonchev–Trinajstić information content (AvgIpc) is 3.50. The molecule has 0 saturated carbocycles. The highest BCUT2D eigenvalue weighted by molar-refractivity contribution is 8.01. The van der Waals surface area contributed by atoms with E-state index in [0.29, 0.717) is 4.90 Å². The molecular formula is C42H53NO11SSi2. The lowest BCUT2D eigenvalue weighted by molar-refractivity contribution is -0.214. The molecule has 12 nitrogen and oxygen atoms in total. The van der Waals surface area contributed by atoms with Gasteiger partial charge in [-0.25, -0.2) is 19.3 Å². The summed E-state index contributed by atoms with van der Waals surface area (Å²) in [5, 5.41) is 1.20. The second-order valence-corrected chi connectivity index (χ2v) is 27.5. The Morgan fingerprint density at radius 1 is 0.825 bits per heavy atom. The lowest BCUT2D eigenvalue weighted by Crippen LogP contribution is -2.68. The lowest BCUT2D eigenvalue weighted by Gasteiger charge is -2.49. The Labute approximate surface area is 341 Å². The number of cyclic esters (lactones) is 2. The van der Waals surface area contributed by atoms with Crippen molar-refractivity contribution in [1.29, 1.82) is 0 Å². The number of hydrogen-bond donors (Lipinski definition) is 0. The molecule has 3 heterocycles. The van der Waals surface area contributed by atoms with Crippen LogP contribution in [0, 0.1) is 0 Å². The van der Waals surface area contributed by atoms with E-state index in [4.69, 9.17) is 32.5 Å². The zero-order chi connectivity index (χ0) is 41.4. The minimum atomic E-state index is -3.23. The van der Waals surface area contributed by atoms with Gasteiger partial charge in [-0.15, -0.1) is 0 Å². The summed E-state index contributed by atoms with van der Waals surface area (Å²) in [5.41, 5.74) is 0. The molecule has 3 aliphatic heterocycles. The van der Waals surface area contributed by atoms with Crippen LogP contribution in [0.15, 0.2) is 95.9 Å². The fraction of sp³-hybridized carbons (Fsp3) is 0.476. The van der Waals surface area contributed by atoms with Gasteiger partial charge in [-0.3, -0.25) is 4.79 Å². The second kappa shape index (κ2) is 16.3. The Kier molecular flexibility index (Phi) is 12.2. The van der Waals surface area contributed by atoms with Crippen LogP contribution in [-0.2, 0) is 42.1 Å². The largest absolute Gasteiger partial charge is 0.508 e. The molecule has 0 radical (unpaired) electrons. The Morgan fingerprint density at radius 3 is 1.91 bits per heavy atom. The van der Waals surface area contributed by atoms with Crippen LogP contribution in [0.4, 0.5) is 9.59 Å². The predicted molar refractivity (Wildman–Crippen MR) is 219 cm³/mol. The van der Waals surface area contributed by atoms with E-state index in [1.54, 1.807) is 0 Å². The van der Waals surface area contributed by atoms with Crippen molar-refractivity contribution in [3.8, 4) is 0 Å². The molecule has 3 saturated heterocycles. The summed E-state index contributed by atoms with van der Waals surface area (Å²) in [6.45, 7) is 15.9. The third-order valence-electron chi connectivity index (χ3n) is 11.4. The van der Waals surface area contributed by atoms with Gasteiger partial charge >= 0.3 is 18.2 Å². The van der Waals surface area contributed by atoms with Crippen molar-refractivity contribution in [1.82, 2.24) is 4.90 Å². The number of carbonyl (C=O) groups is 4. The van der Waals surface area contributed by atoms with Gasteiger partial charge in [0.1, 0.15) is 37.6 Å². The number of nitrogens with zero attached hydrogens (tertiary/aromatic N) is 1. The standard InChI is InChI=1S/C42H53NO11SSi2/c1-40(2,3)56(8,9)54-32-26-49-39(47)52-35(32)36-34-31(25-42(53-36,37(45)48-7)55-28-19-13-10-14-20-28)51-38(46)43(34)33(44)27-50-57(41(4,5)6,29-21-15-11-16-22-29)30-23-17-12-18-24-30/h10-24,31-32,34-36H,25-27H2,1-9H3/t31-,32?,34+,35?,36+,42+/m0/s1. The SMILES string of the molecule is COC(=O)[C@]1(Sc2ccccc2)C[C@@H]2OC(=O)N(C(=O)CO[Si](c3ccccc3)(c3ccccc3)C(C)(C)C)[C@H]2[C@H](C2OC(=O)OCC2O[Si](C)(C)C(C)(C)C)O1. The van der Waals surface area contributed by atoms with Crippen LogP contribution in [0.25, 0.3) is 0 Å². The number of amides is 2. The van der Waals surface area contributed by atoms with Crippen molar-refractivity contribution in [2.24, 2.45) is 0 Å². The molecule has 0 spiro atoms. The Hall–Kier alpha value is -4.00. The van der Waals surface area contributed by atoms with Crippen LogP contribution in [0.1, 0.15) is 48.0 Å². The second-order valence-electron chi connectivity index (χ2n) is 17.1. The first-order valence-electron chi connectivity index (χ1n) is 19.1. The molecule has 3 fully saturated rings. The van der Waals surface area contributed by atoms with Crippen LogP contribution < -0.4 is 10.4 Å². The average molecular weight is 836 g/mol. The van der Waals surface area contributed by atoms with Gasteiger partial charge in [0.05, 0.1) is 7.11 Å². The number of fused-ring (bicyclic) bond motifs is 1. The van der Waals surface area contributed by atoms with E-state index >= 15 is 0 Å². The minimum Gasteiger partial charge on any atom is -0.466 e. The van der Waals surface area contributed by atoms with E-state index in [1.165, 1.54) is 7.11 Å². The third-order valence-corrected chi connectivity index (χ3v) is 22.2. The summed E-state index contributed by atoms with van der Waals surface area (Å²) in [6.07, 6.45) is -6.57. The van der Waals surface area contributed by atoms with E-state index in [9.17, 15) is 19.2 Å². The number of hydrogen-bond acceptors (Lipinski definition) is 12. The molecule has 15 heteroatoms. The monoisotopic (exact) mass is 835 g/mol. The molecule has 57 heavy (non-hydrogen) atoms. The van der Waals surface area contributed by atoms with Crippen molar-refractivity contribution in [3.63, 3.8) is 0 Å². The summed E-state index contributed by atoms with van der Waals surface area (Å²) in [6, 6.07) is 27.7. The quantitative estimate of drug-likeness (QED) is 0.116. The van der Waals surface area contributed by atoms with Crippen molar-refractivity contribution >= 4 is 62.9 Å². The van der Waals surface area contributed by atoms with E-state index in [2.05, 4.69) is 54.6 Å². The molecular weight excluding hydrogens is 783 g/mol. The maximum atomic E-state index is 14.7. The molecule has 3 aliphatic rings. The van der Waals surface area contributed by atoms with Crippen molar-refractivity contribution < 1.29 is 51.7 Å². The minimum absolute atomic E-state index is 0.170. The molecule has 6 atom stereocenters. The molecule has 306 valence electrons. The maximum absolute atomic E-state index is 14.7. The molecule has 0 aliphatic carbocycles. The third kappa shape index (κ3) is 8.32. The van der Waals surface area contributed by atoms with Gasteiger partial charge in [0.2, 0.25) is 4.93 Å². The fourth-order valence-electron chi connectivity index (χ4n) is 7.67. The Morgan fingerprint density at radius 2 is 1.39 bits per heavy atom. The first kappa shape index (κ1) is 42.6. The predicted octanol–water partition coefficient (Wildman–Crippen LogP) is 6.66. The van der Waals surface area contributed by atoms with Gasteiger partial charge in [-0.05, 0) is 45.7 Å². The van der Waals surface area contributed by atoms with Gasteiger partial charge in [0.25, 0.3) is 14.2 Å². The first-order chi connectivity index (χ1) is 26.8. The molecule has 0 bridgehead atoms. The van der Waals surface area contributed by atoms with Crippen molar-refractivity contribution in [3.05, 3.63) is 91.0 Å². The highest BCUT2D eigenvalue weighted by Crippen LogP contribution is 2.49. The fourth-order valence-corrected chi connectivity index (χ4v) is 14.7. The molecule has 0 aromatic heterocycles. The molecule has 3 aromatic rings. The molecule has 2 unspecified atom stereocenters. The highest BCUT2D eigenvalue weighted by atomic mass is 32.2. The highest BCUT2D eigenvalue weighted by Gasteiger charge is 2.65. The van der Waals surface area contributed by atoms with Crippen LogP contribution >= 0.6 is 11.8 Å². The molecule has 0 N–H and O–H groups in total.